The first-order valence-electron chi connectivity index (χ1n) is 8.48. The fraction of sp³-hybridized carbons (Fsp3) is 0.368. The number of halogens is 3. The van der Waals surface area contributed by atoms with Crippen LogP contribution in [0.1, 0.15) is 40.0 Å². The van der Waals surface area contributed by atoms with Crippen LogP contribution in [-0.4, -0.2) is 35.6 Å². The van der Waals surface area contributed by atoms with E-state index < -0.39 is 12.8 Å². The number of carbonyl (C=O) groups is 1. The molecule has 8 heteroatoms. The van der Waals surface area contributed by atoms with Crippen LogP contribution < -0.4 is 10.1 Å². The summed E-state index contributed by atoms with van der Waals surface area (Å²) >= 11 is 0. The fourth-order valence-corrected chi connectivity index (χ4v) is 3.21. The highest BCUT2D eigenvalue weighted by atomic mass is 19.4. The van der Waals surface area contributed by atoms with Gasteiger partial charge in [0.25, 0.3) is 5.91 Å². The van der Waals surface area contributed by atoms with E-state index >= 15 is 0 Å². The van der Waals surface area contributed by atoms with Crippen molar-refractivity contribution in [3.8, 4) is 5.75 Å². The zero-order chi connectivity index (χ0) is 19.8. The monoisotopic (exact) mass is 379 g/mol. The molecule has 144 valence electrons. The second-order valence-electron chi connectivity index (χ2n) is 6.47. The maximum atomic E-state index is 12.8. The van der Waals surface area contributed by atoms with Gasteiger partial charge in [0.05, 0.1) is 12.6 Å². The van der Waals surface area contributed by atoms with Crippen LogP contribution >= 0.6 is 0 Å². The van der Waals surface area contributed by atoms with Gasteiger partial charge in [-0.3, -0.25) is 4.79 Å². The number of hydrogen-bond acceptors (Lipinski definition) is 4. The van der Waals surface area contributed by atoms with Crippen LogP contribution in [0.2, 0.25) is 0 Å². The zero-order valence-corrected chi connectivity index (χ0v) is 15.2. The van der Waals surface area contributed by atoms with E-state index in [1.165, 1.54) is 6.07 Å². The Morgan fingerprint density at radius 2 is 2.07 bits per heavy atom. The van der Waals surface area contributed by atoms with E-state index in [0.717, 1.165) is 11.1 Å². The van der Waals surface area contributed by atoms with Gasteiger partial charge < -0.3 is 15.0 Å². The summed E-state index contributed by atoms with van der Waals surface area (Å²) in [5.74, 6) is 0.759. The molecule has 3 rings (SSSR count). The maximum absolute atomic E-state index is 12.8. The molecule has 1 amide bonds. The Morgan fingerprint density at radius 1 is 1.33 bits per heavy atom. The number of pyridine rings is 1. The van der Waals surface area contributed by atoms with Gasteiger partial charge in [-0.15, -0.1) is 0 Å². The molecule has 0 radical (unpaired) electrons. The average Bonchev–Trinajstić information content (AvgIpc) is 2.96. The Morgan fingerprint density at radius 3 is 2.70 bits per heavy atom. The molecule has 0 bridgehead atoms. The van der Waals surface area contributed by atoms with Crippen molar-refractivity contribution in [2.45, 2.75) is 32.6 Å². The van der Waals surface area contributed by atoms with Gasteiger partial charge in [-0.05, 0) is 37.1 Å². The molecule has 0 saturated heterocycles. The van der Waals surface area contributed by atoms with E-state index in [2.05, 4.69) is 10.3 Å². The number of benzene rings is 1. The van der Waals surface area contributed by atoms with Gasteiger partial charge in [-0.2, -0.15) is 13.2 Å². The number of rotatable bonds is 5. The third-order valence-electron chi connectivity index (χ3n) is 4.65. The molecule has 27 heavy (non-hydrogen) atoms. The van der Waals surface area contributed by atoms with Crippen LogP contribution in [0.15, 0.2) is 30.5 Å². The number of nitrogens with one attached hydrogen (secondary N) is 1. The fourth-order valence-electron chi connectivity index (χ4n) is 3.21. The summed E-state index contributed by atoms with van der Waals surface area (Å²) < 4.78 is 41.9. The van der Waals surface area contributed by atoms with Crippen molar-refractivity contribution in [3.05, 3.63) is 52.7 Å². The van der Waals surface area contributed by atoms with Crippen molar-refractivity contribution < 1.29 is 22.7 Å². The molecule has 2 aromatic rings. The van der Waals surface area contributed by atoms with Gasteiger partial charge in [0, 0.05) is 24.4 Å². The summed E-state index contributed by atoms with van der Waals surface area (Å²) in [4.78, 5) is 18.7. The van der Waals surface area contributed by atoms with Crippen molar-refractivity contribution in [1.29, 1.82) is 0 Å². The van der Waals surface area contributed by atoms with Gasteiger partial charge >= 0.3 is 6.18 Å². The number of aromatic nitrogens is 1. The molecule has 1 N–H and O–H groups in total. The highest BCUT2D eigenvalue weighted by Crippen LogP contribution is 2.35. The van der Waals surface area contributed by atoms with Crippen molar-refractivity contribution in [1.82, 2.24) is 9.88 Å². The lowest BCUT2D eigenvalue weighted by Crippen LogP contribution is -2.27. The van der Waals surface area contributed by atoms with Crippen LogP contribution in [-0.2, 0) is 6.54 Å². The first-order valence-corrected chi connectivity index (χ1v) is 8.48. The largest absolute Gasteiger partial charge is 0.484 e. The molecular weight excluding hydrogens is 359 g/mol. The second kappa shape index (κ2) is 7.09. The molecule has 5 nitrogen and oxygen atoms in total. The number of ether oxygens (including phenoxy) is 1. The maximum Gasteiger partial charge on any atom is 0.422 e. The molecule has 1 aliphatic heterocycles. The molecule has 2 heterocycles. The highest BCUT2D eigenvalue weighted by molar-refractivity contribution is 5.99. The van der Waals surface area contributed by atoms with E-state index in [4.69, 9.17) is 4.74 Å². The Hall–Kier alpha value is -2.77. The average molecular weight is 379 g/mol. The zero-order valence-electron chi connectivity index (χ0n) is 15.2. The quantitative estimate of drug-likeness (QED) is 0.850. The van der Waals surface area contributed by atoms with E-state index in [0.29, 0.717) is 23.5 Å². The standard InChI is InChI=1S/C19H20F3N3O2/c1-11-8-13(4-5-16(11)27-10-19(20,21)22)12(2)25-9-15-14(18(25)26)6-7-24-17(15)23-3/h4-8,12H,9-10H2,1-3H3,(H,23,24). The Labute approximate surface area is 155 Å². The van der Waals surface area contributed by atoms with Crippen molar-refractivity contribution in [2.75, 3.05) is 19.0 Å². The normalized spacial score (nSPS) is 14.9. The number of anilines is 1. The number of fused-ring (bicyclic) bond motifs is 1. The van der Waals surface area contributed by atoms with E-state index in [1.54, 1.807) is 43.3 Å². The number of amides is 1. The predicted molar refractivity (Wildman–Crippen MR) is 94.8 cm³/mol. The molecule has 0 fully saturated rings. The minimum atomic E-state index is -4.38. The Balaban J connectivity index is 1.80. The number of nitrogens with zero attached hydrogens (tertiary/aromatic N) is 2. The van der Waals surface area contributed by atoms with Crippen LogP contribution in [0.5, 0.6) is 5.75 Å². The van der Waals surface area contributed by atoms with Crippen LogP contribution in [0.3, 0.4) is 0 Å². The molecule has 1 atom stereocenters. The van der Waals surface area contributed by atoms with E-state index in [-0.39, 0.29) is 17.7 Å². The molecule has 0 aliphatic carbocycles. The molecule has 1 aliphatic rings. The summed E-state index contributed by atoms with van der Waals surface area (Å²) in [6.45, 7) is 2.67. The number of hydrogen-bond donors (Lipinski definition) is 1. The lowest BCUT2D eigenvalue weighted by Gasteiger charge is -2.25. The molecule has 0 spiro atoms. The second-order valence-corrected chi connectivity index (χ2v) is 6.47. The Bertz CT molecular complexity index is 868. The van der Waals surface area contributed by atoms with Gasteiger partial charge in [0.2, 0.25) is 0 Å². The molecule has 0 saturated carbocycles. The van der Waals surface area contributed by atoms with Gasteiger partial charge in [0.1, 0.15) is 11.6 Å². The van der Waals surface area contributed by atoms with Crippen LogP contribution in [0, 0.1) is 6.92 Å². The summed E-state index contributed by atoms with van der Waals surface area (Å²) in [5, 5.41) is 2.99. The number of alkyl halides is 3. The third kappa shape index (κ3) is 3.84. The van der Waals surface area contributed by atoms with Gasteiger partial charge in [-0.1, -0.05) is 12.1 Å². The number of aryl methyl sites for hydroxylation is 1. The number of carbonyl (C=O) groups excluding carboxylic acids is 1. The lowest BCUT2D eigenvalue weighted by atomic mass is 10.0. The minimum absolute atomic E-state index is 0.0912. The van der Waals surface area contributed by atoms with Crippen molar-refractivity contribution >= 4 is 11.7 Å². The van der Waals surface area contributed by atoms with E-state index in [9.17, 15) is 18.0 Å². The Kier molecular flexibility index (Phi) is 4.99. The molecule has 1 aromatic carbocycles. The predicted octanol–water partition coefficient (Wildman–Crippen LogP) is 4.09. The van der Waals surface area contributed by atoms with Crippen LogP contribution in [0.25, 0.3) is 0 Å². The van der Waals surface area contributed by atoms with Crippen LogP contribution in [0.4, 0.5) is 19.0 Å². The lowest BCUT2D eigenvalue weighted by molar-refractivity contribution is -0.153. The van der Waals surface area contributed by atoms with Gasteiger partial charge in [-0.25, -0.2) is 4.98 Å². The summed E-state index contributed by atoms with van der Waals surface area (Å²) in [7, 11) is 1.75. The first kappa shape index (κ1) is 19.0. The highest BCUT2D eigenvalue weighted by Gasteiger charge is 2.33. The molecule has 1 unspecified atom stereocenters. The van der Waals surface area contributed by atoms with Crippen molar-refractivity contribution in [2.24, 2.45) is 0 Å². The summed E-state index contributed by atoms with van der Waals surface area (Å²) in [6, 6.07) is 6.41. The molecular formula is C19H20F3N3O2. The van der Waals surface area contributed by atoms with Gasteiger partial charge in [0.15, 0.2) is 6.61 Å². The van der Waals surface area contributed by atoms with E-state index in [1.807, 2.05) is 6.92 Å². The topological polar surface area (TPSA) is 54.5 Å². The summed E-state index contributed by atoms with van der Waals surface area (Å²) in [6.07, 6.45) is -2.79. The first-order chi connectivity index (χ1) is 12.7. The smallest absolute Gasteiger partial charge is 0.422 e. The minimum Gasteiger partial charge on any atom is -0.484 e. The third-order valence-corrected chi connectivity index (χ3v) is 4.65. The summed E-state index contributed by atoms with van der Waals surface area (Å²) in [5.41, 5.74) is 2.87. The SMILES string of the molecule is CNc1nccc2c1CN(C(C)c1ccc(OCC(F)(F)F)c(C)c1)C2=O. The molecule has 1 aromatic heterocycles. The van der Waals surface area contributed by atoms with Crippen molar-refractivity contribution in [3.63, 3.8) is 0 Å².